The summed E-state index contributed by atoms with van der Waals surface area (Å²) in [6, 6.07) is 0. The lowest BCUT2D eigenvalue weighted by Gasteiger charge is -2.13. The van der Waals surface area contributed by atoms with E-state index in [9.17, 15) is 8.78 Å². The molecule has 2 N–H and O–H groups in total. The van der Waals surface area contributed by atoms with Crippen molar-refractivity contribution in [2.75, 3.05) is 18.5 Å². The minimum absolute atomic E-state index is 0.133. The Hall–Kier alpha value is -1.31. The molecule has 8 heteroatoms. The molecule has 0 aliphatic rings. The number of nitrogens with zero attached hydrogens (tertiary/aromatic N) is 4. The number of aromatic nitrogens is 4. The van der Waals surface area contributed by atoms with Crippen LogP contribution in [0.1, 0.15) is 0 Å². The quantitative estimate of drug-likeness (QED) is 0.658. The van der Waals surface area contributed by atoms with Crippen LogP contribution in [0.2, 0.25) is 0 Å². The van der Waals surface area contributed by atoms with Crippen molar-refractivity contribution in [3.8, 4) is 0 Å². The molecule has 1 rings (SSSR count). The molecular formula is C5H9F2N5O. The van der Waals surface area contributed by atoms with Crippen molar-refractivity contribution >= 4 is 5.95 Å². The van der Waals surface area contributed by atoms with Crippen LogP contribution < -0.4 is 5.32 Å². The topological polar surface area (TPSA) is 75.9 Å². The number of nitrogens with one attached hydrogen (secondary N) is 1. The molecular weight excluding hydrogens is 184 g/mol. The number of anilines is 1. The molecule has 1 heterocycles. The summed E-state index contributed by atoms with van der Waals surface area (Å²) in [7, 11) is 1.51. The van der Waals surface area contributed by atoms with Crippen LogP contribution in [-0.4, -0.2) is 44.4 Å². The highest BCUT2D eigenvalue weighted by Gasteiger charge is 2.27. The summed E-state index contributed by atoms with van der Waals surface area (Å²) in [4.78, 5) is 0. The van der Waals surface area contributed by atoms with E-state index in [1.54, 1.807) is 0 Å². The summed E-state index contributed by atoms with van der Waals surface area (Å²) in [6.07, 6.45) is 0. The third-order valence-corrected chi connectivity index (χ3v) is 1.36. The van der Waals surface area contributed by atoms with Gasteiger partial charge in [-0.2, -0.15) is 0 Å². The molecule has 0 aliphatic carbocycles. The summed E-state index contributed by atoms with van der Waals surface area (Å²) >= 11 is 0. The first-order chi connectivity index (χ1) is 6.05. The van der Waals surface area contributed by atoms with Crippen molar-refractivity contribution in [1.29, 1.82) is 0 Å². The van der Waals surface area contributed by atoms with Crippen molar-refractivity contribution in [2.24, 2.45) is 7.05 Å². The van der Waals surface area contributed by atoms with E-state index in [-0.39, 0.29) is 5.95 Å². The summed E-state index contributed by atoms with van der Waals surface area (Å²) in [5.74, 6) is -3.03. The SMILES string of the molecule is Cn1nnnc1NCC(F)(F)CO. The molecule has 0 saturated heterocycles. The van der Waals surface area contributed by atoms with E-state index in [1.807, 2.05) is 0 Å². The Balaban J connectivity index is 2.48. The minimum Gasteiger partial charge on any atom is -0.390 e. The van der Waals surface area contributed by atoms with Crippen molar-refractivity contribution < 1.29 is 13.9 Å². The van der Waals surface area contributed by atoms with Gasteiger partial charge in [-0.05, 0) is 10.4 Å². The Bertz CT molecular complexity index is 276. The van der Waals surface area contributed by atoms with Gasteiger partial charge in [0.25, 0.3) is 5.92 Å². The van der Waals surface area contributed by atoms with Gasteiger partial charge in [0.15, 0.2) is 0 Å². The van der Waals surface area contributed by atoms with Gasteiger partial charge in [0.05, 0.1) is 6.54 Å². The van der Waals surface area contributed by atoms with Crippen molar-refractivity contribution in [3.63, 3.8) is 0 Å². The van der Waals surface area contributed by atoms with Gasteiger partial charge < -0.3 is 10.4 Å². The molecule has 0 amide bonds. The molecule has 0 fully saturated rings. The van der Waals surface area contributed by atoms with Gasteiger partial charge in [-0.15, -0.1) is 0 Å². The zero-order chi connectivity index (χ0) is 9.90. The summed E-state index contributed by atoms with van der Waals surface area (Å²) in [5, 5.41) is 20.6. The van der Waals surface area contributed by atoms with Crippen molar-refractivity contribution in [2.45, 2.75) is 5.92 Å². The Labute approximate surface area is 72.5 Å². The van der Waals surface area contributed by atoms with Gasteiger partial charge in [-0.3, -0.25) is 0 Å². The molecule has 0 saturated carbocycles. The number of hydrogen-bond acceptors (Lipinski definition) is 5. The second kappa shape index (κ2) is 3.60. The average Bonchev–Trinajstić information content (AvgIpc) is 2.48. The Morgan fingerprint density at radius 3 is 2.77 bits per heavy atom. The largest absolute Gasteiger partial charge is 0.390 e. The first-order valence-corrected chi connectivity index (χ1v) is 3.50. The predicted octanol–water partition coefficient (Wildman–Crippen LogP) is -0.750. The molecule has 0 radical (unpaired) electrons. The van der Waals surface area contributed by atoms with E-state index >= 15 is 0 Å². The van der Waals surface area contributed by atoms with Crippen LogP contribution in [0.15, 0.2) is 0 Å². The summed E-state index contributed by atoms with van der Waals surface area (Å²) in [5.41, 5.74) is 0. The zero-order valence-electron chi connectivity index (χ0n) is 6.91. The van der Waals surface area contributed by atoms with E-state index in [2.05, 4.69) is 20.8 Å². The number of tetrazole rings is 1. The number of hydrogen-bond donors (Lipinski definition) is 2. The normalized spacial score (nSPS) is 11.7. The van der Waals surface area contributed by atoms with Crippen LogP contribution in [0.3, 0.4) is 0 Å². The molecule has 13 heavy (non-hydrogen) atoms. The van der Waals surface area contributed by atoms with E-state index in [1.165, 1.54) is 11.7 Å². The first-order valence-electron chi connectivity index (χ1n) is 3.50. The molecule has 1 aromatic heterocycles. The average molecular weight is 193 g/mol. The zero-order valence-corrected chi connectivity index (χ0v) is 6.91. The number of alkyl halides is 2. The molecule has 0 spiro atoms. The third-order valence-electron chi connectivity index (χ3n) is 1.36. The maximum absolute atomic E-state index is 12.5. The maximum Gasteiger partial charge on any atom is 0.287 e. The number of rotatable bonds is 4. The monoisotopic (exact) mass is 193 g/mol. The van der Waals surface area contributed by atoms with Gasteiger partial charge in [-0.25, -0.2) is 13.5 Å². The van der Waals surface area contributed by atoms with Crippen molar-refractivity contribution in [1.82, 2.24) is 20.2 Å². The number of halogens is 2. The molecule has 0 aromatic carbocycles. The smallest absolute Gasteiger partial charge is 0.287 e. The fourth-order valence-corrected chi connectivity index (χ4v) is 0.643. The fraction of sp³-hybridized carbons (Fsp3) is 0.800. The lowest BCUT2D eigenvalue weighted by Crippen LogP contribution is -2.31. The van der Waals surface area contributed by atoms with Crippen LogP contribution in [-0.2, 0) is 7.05 Å². The molecule has 0 unspecified atom stereocenters. The highest BCUT2D eigenvalue weighted by molar-refractivity contribution is 5.21. The summed E-state index contributed by atoms with van der Waals surface area (Å²) < 4.78 is 26.2. The van der Waals surface area contributed by atoms with Crippen LogP contribution in [0.4, 0.5) is 14.7 Å². The van der Waals surface area contributed by atoms with Gasteiger partial charge >= 0.3 is 0 Å². The standard InChI is InChI=1S/C5H9F2N5O/c1-12-4(9-10-11-12)8-2-5(6,7)3-13/h13H,2-3H2,1H3,(H,8,9,11). The molecule has 0 atom stereocenters. The third kappa shape index (κ3) is 2.58. The second-order valence-electron chi connectivity index (χ2n) is 2.49. The van der Waals surface area contributed by atoms with Gasteiger partial charge in [-0.1, -0.05) is 5.10 Å². The van der Waals surface area contributed by atoms with E-state index in [4.69, 9.17) is 5.11 Å². The number of aliphatic hydroxyl groups is 1. The second-order valence-corrected chi connectivity index (χ2v) is 2.49. The van der Waals surface area contributed by atoms with Gasteiger partial charge in [0, 0.05) is 7.05 Å². The van der Waals surface area contributed by atoms with Crippen LogP contribution in [0.25, 0.3) is 0 Å². The highest BCUT2D eigenvalue weighted by Crippen LogP contribution is 2.12. The maximum atomic E-state index is 12.5. The lowest BCUT2D eigenvalue weighted by atomic mass is 10.3. The Morgan fingerprint density at radius 1 is 1.62 bits per heavy atom. The highest BCUT2D eigenvalue weighted by atomic mass is 19.3. The Morgan fingerprint density at radius 2 is 2.31 bits per heavy atom. The van der Waals surface area contributed by atoms with Crippen LogP contribution in [0.5, 0.6) is 0 Å². The fourth-order valence-electron chi connectivity index (χ4n) is 0.643. The first kappa shape index (κ1) is 9.78. The lowest BCUT2D eigenvalue weighted by molar-refractivity contribution is -0.0374. The van der Waals surface area contributed by atoms with Crippen molar-refractivity contribution in [3.05, 3.63) is 0 Å². The van der Waals surface area contributed by atoms with Gasteiger partial charge in [0.1, 0.15) is 6.61 Å². The van der Waals surface area contributed by atoms with Crippen LogP contribution >= 0.6 is 0 Å². The van der Waals surface area contributed by atoms with Crippen LogP contribution in [0, 0.1) is 0 Å². The van der Waals surface area contributed by atoms with Gasteiger partial charge in [0.2, 0.25) is 5.95 Å². The minimum atomic E-state index is -3.16. The predicted molar refractivity (Wildman–Crippen MR) is 39.3 cm³/mol. The summed E-state index contributed by atoms with van der Waals surface area (Å²) in [6.45, 7) is -1.90. The number of aryl methyl sites for hydroxylation is 1. The molecule has 1 aromatic rings. The number of aliphatic hydroxyl groups excluding tert-OH is 1. The van der Waals surface area contributed by atoms with E-state index in [0.29, 0.717) is 0 Å². The Kier molecular flexibility index (Phi) is 2.71. The molecule has 0 aliphatic heterocycles. The molecule has 74 valence electrons. The van der Waals surface area contributed by atoms with E-state index in [0.717, 1.165) is 0 Å². The van der Waals surface area contributed by atoms with E-state index < -0.39 is 19.1 Å². The molecule has 6 nitrogen and oxygen atoms in total. The molecule has 0 bridgehead atoms.